The fourth-order valence-electron chi connectivity index (χ4n) is 2.85. The predicted molar refractivity (Wildman–Crippen MR) is 137 cm³/mol. The lowest BCUT2D eigenvalue weighted by molar-refractivity contribution is -0.138. The van der Waals surface area contributed by atoms with E-state index in [4.69, 9.17) is 46.4 Å². The number of halogens is 4. The van der Waals surface area contributed by atoms with Gasteiger partial charge in [-0.1, -0.05) is 65.5 Å². The molecule has 0 heterocycles. The molecule has 0 bridgehead atoms. The molecule has 1 N–H and O–H groups in total. The van der Waals surface area contributed by atoms with Crippen LogP contribution in [0.15, 0.2) is 36.4 Å². The Bertz CT molecular complexity index is 958. The second kappa shape index (κ2) is 13.0. The number of nitrogens with one attached hydrogen (secondary N) is 1. The van der Waals surface area contributed by atoms with Crippen molar-refractivity contribution in [3.05, 3.63) is 67.6 Å². The van der Waals surface area contributed by atoms with Crippen molar-refractivity contribution in [1.29, 1.82) is 0 Å². The first-order valence-electron chi connectivity index (χ1n) is 10.2. The molecule has 32 heavy (non-hydrogen) atoms. The van der Waals surface area contributed by atoms with Gasteiger partial charge in [0.05, 0.1) is 15.8 Å². The maximum Gasteiger partial charge on any atom is 0.242 e. The maximum atomic E-state index is 13.1. The summed E-state index contributed by atoms with van der Waals surface area (Å²) in [4.78, 5) is 27.5. The summed E-state index contributed by atoms with van der Waals surface area (Å²) in [6, 6.07) is 9.87. The molecule has 0 aromatic heterocycles. The highest BCUT2D eigenvalue weighted by molar-refractivity contribution is 7.99. The van der Waals surface area contributed by atoms with Crippen LogP contribution in [0.4, 0.5) is 0 Å². The third-order valence-corrected chi connectivity index (χ3v) is 7.32. The van der Waals surface area contributed by atoms with Crippen LogP contribution in [0, 0.1) is 0 Å². The fraction of sp³-hybridized carbons (Fsp3) is 0.391. The Morgan fingerprint density at radius 3 is 2.34 bits per heavy atom. The number of hydrogen-bond donors (Lipinski definition) is 1. The molecule has 2 atom stereocenters. The van der Waals surface area contributed by atoms with E-state index in [9.17, 15) is 9.59 Å². The SMILES string of the molecule is CC[C@@H](C)NC(=O)[C@H](C)N(Cc1ccc(Cl)cc1Cl)C(=O)CSCc1ccc(Cl)c(Cl)c1. The van der Waals surface area contributed by atoms with Gasteiger partial charge in [0.2, 0.25) is 11.8 Å². The molecule has 0 aliphatic carbocycles. The van der Waals surface area contributed by atoms with Crippen LogP contribution in [-0.4, -0.2) is 34.6 Å². The number of carbonyl (C=O) groups is 2. The highest BCUT2D eigenvalue weighted by Crippen LogP contribution is 2.26. The lowest BCUT2D eigenvalue weighted by Crippen LogP contribution is -2.50. The summed E-state index contributed by atoms with van der Waals surface area (Å²) in [6.45, 7) is 5.85. The molecule has 2 aromatic rings. The van der Waals surface area contributed by atoms with Gasteiger partial charge < -0.3 is 10.2 Å². The zero-order chi connectivity index (χ0) is 23.8. The number of thioether (sulfide) groups is 1. The largest absolute Gasteiger partial charge is 0.352 e. The van der Waals surface area contributed by atoms with Crippen molar-refractivity contribution in [2.75, 3.05) is 5.75 Å². The van der Waals surface area contributed by atoms with Crippen LogP contribution >= 0.6 is 58.2 Å². The molecular weight excluding hydrogens is 510 g/mol. The molecule has 0 aliphatic rings. The predicted octanol–water partition coefficient (Wildman–Crippen LogP) is 6.87. The summed E-state index contributed by atoms with van der Waals surface area (Å²) in [5, 5.41) is 4.88. The van der Waals surface area contributed by atoms with E-state index in [1.54, 1.807) is 42.2 Å². The highest BCUT2D eigenvalue weighted by Gasteiger charge is 2.27. The number of nitrogens with zero attached hydrogens (tertiary/aromatic N) is 1. The van der Waals surface area contributed by atoms with E-state index in [1.165, 1.54) is 11.8 Å². The highest BCUT2D eigenvalue weighted by atomic mass is 35.5. The Morgan fingerprint density at radius 1 is 1.00 bits per heavy atom. The van der Waals surface area contributed by atoms with Gasteiger partial charge >= 0.3 is 0 Å². The Kier molecular flexibility index (Phi) is 11.0. The smallest absolute Gasteiger partial charge is 0.242 e. The summed E-state index contributed by atoms with van der Waals surface area (Å²) in [5.74, 6) is 0.429. The molecule has 0 aliphatic heterocycles. The summed E-state index contributed by atoms with van der Waals surface area (Å²) >= 11 is 25.8. The van der Waals surface area contributed by atoms with E-state index in [2.05, 4.69) is 5.32 Å². The van der Waals surface area contributed by atoms with Crippen LogP contribution in [0.2, 0.25) is 20.1 Å². The molecule has 0 fully saturated rings. The van der Waals surface area contributed by atoms with Crippen molar-refractivity contribution >= 4 is 70.0 Å². The van der Waals surface area contributed by atoms with Crippen molar-refractivity contribution < 1.29 is 9.59 Å². The molecule has 0 saturated carbocycles. The Labute approximate surface area is 213 Å². The Balaban J connectivity index is 2.13. The standard InChI is InChI=1S/C23H26Cl4N2O2S/c1-4-14(2)28-23(31)15(3)29(11-17-6-7-18(24)10-20(17)26)22(30)13-32-12-16-5-8-19(25)21(27)9-16/h5-10,14-15H,4,11-13H2,1-3H3,(H,28,31)/t14-,15+/m1/s1. The van der Waals surface area contributed by atoms with E-state index in [-0.39, 0.29) is 30.2 Å². The van der Waals surface area contributed by atoms with E-state index < -0.39 is 6.04 Å². The quantitative estimate of drug-likeness (QED) is 0.361. The zero-order valence-corrected chi connectivity index (χ0v) is 22.0. The average Bonchev–Trinajstić information content (AvgIpc) is 2.75. The lowest BCUT2D eigenvalue weighted by Gasteiger charge is -2.30. The van der Waals surface area contributed by atoms with Crippen LogP contribution in [0.5, 0.6) is 0 Å². The van der Waals surface area contributed by atoms with Gasteiger partial charge in [0.1, 0.15) is 6.04 Å². The van der Waals surface area contributed by atoms with Crippen molar-refractivity contribution in [3.63, 3.8) is 0 Å². The van der Waals surface area contributed by atoms with Crippen LogP contribution in [0.3, 0.4) is 0 Å². The minimum absolute atomic E-state index is 0.0186. The minimum Gasteiger partial charge on any atom is -0.352 e. The molecule has 9 heteroatoms. The molecule has 2 aromatic carbocycles. The average molecular weight is 536 g/mol. The maximum absolute atomic E-state index is 13.1. The van der Waals surface area contributed by atoms with Gasteiger partial charge in [-0.05, 0) is 55.7 Å². The van der Waals surface area contributed by atoms with Crippen molar-refractivity contribution in [1.82, 2.24) is 10.2 Å². The monoisotopic (exact) mass is 534 g/mol. The van der Waals surface area contributed by atoms with Gasteiger partial charge in [-0.25, -0.2) is 0 Å². The summed E-state index contributed by atoms with van der Waals surface area (Å²) in [6.07, 6.45) is 0.801. The van der Waals surface area contributed by atoms with Crippen LogP contribution in [-0.2, 0) is 21.9 Å². The van der Waals surface area contributed by atoms with Gasteiger partial charge in [0, 0.05) is 28.4 Å². The fourth-order valence-corrected chi connectivity index (χ4v) is 4.50. The normalized spacial score (nSPS) is 12.8. The van der Waals surface area contributed by atoms with E-state index in [0.29, 0.717) is 25.8 Å². The first-order chi connectivity index (χ1) is 15.1. The Morgan fingerprint density at radius 2 is 1.72 bits per heavy atom. The molecule has 174 valence electrons. The van der Waals surface area contributed by atoms with Crippen LogP contribution < -0.4 is 5.32 Å². The first-order valence-corrected chi connectivity index (χ1v) is 12.8. The second-order valence-electron chi connectivity index (χ2n) is 7.49. The topological polar surface area (TPSA) is 49.4 Å². The van der Waals surface area contributed by atoms with Crippen molar-refractivity contribution in [2.24, 2.45) is 0 Å². The second-order valence-corrected chi connectivity index (χ2v) is 10.1. The van der Waals surface area contributed by atoms with Crippen LogP contribution in [0.25, 0.3) is 0 Å². The first kappa shape index (κ1) is 27.1. The van der Waals surface area contributed by atoms with Gasteiger partial charge in [-0.2, -0.15) is 0 Å². The molecule has 4 nitrogen and oxygen atoms in total. The molecule has 2 rings (SSSR count). The molecule has 0 spiro atoms. The molecule has 2 amide bonds. The lowest BCUT2D eigenvalue weighted by atomic mass is 10.1. The Hall–Kier alpha value is -1.11. The third-order valence-electron chi connectivity index (χ3n) is 5.00. The van der Waals surface area contributed by atoms with Crippen LogP contribution in [0.1, 0.15) is 38.3 Å². The van der Waals surface area contributed by atoms with Gasteiger partial charge in [0.15, 0.2) is 0 Å². The summed E-state index contributed by atoms with van der Waals surface area (Å²) in [5.41, 5.74) is 1.69. The van der Waals surface area contributed by atoms with Crippen molar-refractivity contribution in [2.45, 2.75) is 51.6 Å². The number of hydrogen-bond acceptors (Lipinski definition) is 3. The zero-order valence-electron chi connectivity index (χ0n) is 18.1. The van der Waals surface area contributed by atoms with E-state index >= 15 is 0 Å². The van der Waals surface area contributed by atoms with Crippen molar-refractivity contribution in [3.8, 4) is 0 Å². The summed E-state index contributed by atoms with van der Waals surface area (Å²) in [7, 11) is 0. The summed E-state index contributed by atoms with van der Waals surface area (Å²) < 4.78 is 0. The van der Waals surface area contributed by atoms with E-state index in [0.717, 1.165) is 17.5 Å². The van der Waals surface area contributed by atoms with Gasteiger partial charge in [-0.15, -0.1) is 11.8 Å². The number of rotatable bonds is 10. The number of carbonyl (C=O) groups excluding carboxylic acids is 2. The molecule has 0 radical (unpaired) electrons. The molecule has 0 unspecified atom stereocenters. The number of benzene rings is 2. The van der Waals surface area contributed by atoms with Gasteiger partial charge in [0.25, 0.3) is 0 Å². The molecular formula is C23H26Cl4N2O2S. The molecule has 0 saturated heterocycles. The van der Waals surface area contributed by atoms with Gasteiger partial charge in [-0.3, -0.25) is 9.59 Å². The van der Waals surface area contributed by atoms with E-state index in [1.807, 2.05) is 19.9 Å². The number of amides is 2. The minimum atomic E-state index is -0.658. The third kappa shape index (κ3) is 8.03.